The van der Waals surface area contributed by atoms with Gasteiger partial charge in [0.05, 0.1) is 5.52 Å². The number of aldehydes is 1. The van der Waals surface area contributed by atoms with Crippen molar-refractivity contribution in [2.24, 2.45) is 0 Å². The molecule has 0 bridgehead atoms. The number of halogens is 1. The van der Waals surface area contributed by atoms with Crippen LogP contribution in [0.2, 0.25) is 0 Å². The van der Waals surface area contributed by atoms with Crippen molar-refractivity contribution in [2.45, 2.75) is 19.8 Å². The van der Waals surface area contributed by atoms with Gasteiger partial charge in [-0.25, -0.2) is 0 Å². The summed E-state index contributed by atoms with van der Waals surface area (Å²) < 4.78 is 0.960. The Hall–Kier alpha value is -1.22. The van der Waals surface area contributed by atoms with Crippen LogP contribution in [-0.4, -0.2) is 11.3 Å². The van der Waals surface area contributed by atoms with Crippen molar-refractivity contribution < 1.29 is 4.79 Å². The summed E-state index contributed by atoms with van der Waals surface area (Å²) in [5.74, 6) is 0.326. The Labute approximate surface area is 103 Å². The number of hydrogen-bond acceptors (Lipinski definition) is 2. The van der Waals surface area contributed by atoms with Gasteiger partial charge in [-0.3, -0.25) is 9.78 Å². The summed E-state index contributed by atoms with van der Waals surface area (Å²) in [5, 5.41) is 0.897. The Bertz CT molecular complexity index is 549. The van der Waals surface area contributed by atoms with Gasteiger partial charge >= 0.3 is 0 Å². The van der Waals surface area contributed by atoms with E-state index >= 15 is 0 Å². The van der Waals surface area contributed by atoms with Gasteiger partial charge in [0, 0.05) is 21.1 Å². The monoisotopic (exact) mass is 277 g/mol. The minimum absolute atomic E-state index is 0.326. The van der Waals surface area contributed by atoms with E-state index in [-0.39, 0.29) is 0 Å². The Morgan fingerprint density at radius 1 is 1.31 bits per heavy atom. The Balaban J connectivity index is 2.78. The summed E-state index contributed by atoms with van der Waals surface area (Å²) in [5.41, 5.74) is 2.53. The highest BCUT2D eigenvalue weighted by molar-refractivity contribution is 9.10. The number of aromatic nitrogens is 1. The van der Waals surface area contributed by atoms with Gasteiger partial charge < -0.3 is 0 Å². The first-order chi connectivity index (χ1) is 7.61. The molecule has 0 radical (unpaired) electrons. The van der Waals surface area contributed by atoms with Crippen molar-refractivity contribution in [3.63, 3.8) is 0 Å². The number of nitrogens with zero attached hydrogens (tertiary/aromatic N) is 1. The van der Waals surface area contributed by atoms with Gasteiger partial charge in [-0.05, 0) is 30.2 Å². The lowest BCUT2D eigenvalue weighted by Crippen LogP contribution is -1.96. The third-order valence-electron chi connectivity index (χ3n) is 2.54. The van der Waals surface area contributed by atoms with Crippen LogP contribution in [0.25, 0.3) is 10.9 Å². The molecule has 0 aliphatic heterocycles. The van der Waals surface area contributed by atoms with Gasteiger partial charge in [-0.2, -0.15) is 0 Å². The van der Waals surface area contributed by atoms with Gasteiger partial charge in [0.15, 0.2) is 6.29 Å². The molecule has 0 fully saturated rings. The van der Waals surface area contributed by atoms with Crippen LogP contribution in [0.3, 0.4) is 0 Å². The molecule has 0 aliphatic rings. The number of pyridine rings is 1. The maximum Gasteiger partial charge on any atom is 0.150 e. The quantitative estimate of drug-likeness (QED) is 0.779. The van der Waals surface area contributed by atoms with Crippen LogP contribution >= 0.6 is 15.9 Å². The van der Waals surface area contributed by atoms with Crippen molar-refractivity contribution in [3.05, 3.63) is 40.0 Å². The first-order valence-electron chi connectivity index (χ1n) is 5.17. The smallest absolute Gasteiger partial charge is 0.150 e. The molecule has 82 valence electrons. The normalized spacial score (nSPS) is 11.0. The molecule has 1 aromatic heterocycles. The molecule has 1 heterocycles. The van der Waals surface area contributed by atoms with Crippen LogP contribution in [-0.2, 0) is 0 Å². The molecular weight excluding hydrogens is 266 g/mol. The molecule has 0 atom stereocenters. The third-order valence-corrected chi connectivity index (χ3v) is 3.03. The minimum atomic E-state index is 0.326. The number of hydrogen-bond donors (Lipinski definition) is 0. The molecule has 0 spiro atoms. The molecule has 0 aliphatic carbocycles. The summed E-state index contributed by atoms with van der Waals surface area (Å²) in [7, 11) is 0. The van der Waals surface area contributed by atoms with E-state index in [4.69, 9.17) is 0 Å². The maximum absolute atomic E-state index is 11.1. The van der Waals surface area contributed by atoms with Crippen LogP contribution in [0, 0.1) is 0 Å². The first-order valence-corrected chi connectivity index (χ1v) is 5.96. The molecule has 2 rings (SSSR count). The number of carbonyl (C=O) groups is 1. The summed E-state index contributed by atoms with van der Waals surface area (Å²) in [6.07, 6.45) is 0.891. The van der Waals surface area contributed by atoms with Crippen molar-refractivity contribution in [2.75, 3.05) is 0 Å². The van der Waals surface area contributed by atoms with E-state index in [0.717, 1.165) is 27.4 Å². The number of fused-ring (bicyclic) bond motifs is 1. The fraction of sp³-hybridized carbons (Fsp3) is 0.231. The zero-order valence-electron chi connectivity index (χ0n) is 9.20. The molecule has 0 saturated carbocycles. The van der Waals surface area contributed by atoms with Gasteiger partial charge in [-0.15, -0.1) is 0 Å². The average molecular weight is 278 g/mol. The molecule has 0 saturated heterocycles. The van der Waals surface area contributed by atoms with Crippen molar-refractivity contribution in [1.82, 2.24) is 4.98 Å². The van der Waals surface area contributed by atoms with E-state index in [2.05, 4.69) is 34.8 Å². The van der Waals surface area contributed by atoms with E-state index in [0.29, 0.717) is 11.5 Å². The van der Waals surface area contributed by atoms with Crippen LogP contribution in [0.4, 0.5) is 0 Å². The second-order valence-electron chi connectivity index (χ2n) is 4.07. The lowest BCUT2D eigenvalue weighted by atomic mass is 10.0. The van der Waals surface area contributed by atoms with E-state index in [9.17, 15) is 4.79 Å². The molecule has 3 heteroatoms. The summed E-state index contributed by atoms with van der Waals surface area (Å²) in [6.45, 7) is 4.14. The lowest BCUT2D eigenvalue weighted by molar-refractivity contribution is 0.112. The van der Waals surface area contributed by atoms with Gasteiger partial charge in [0.25, 0.3) is 0 Å². The molecular formula is C13H12BrNO. The molecule has 2 nitrogen and oxygen atoms in total. The summed E-state index contributed by atoms with van der Waals surface area (Å²) in [6, 6.07) is 7.66. The van der Waals surface area contributed by atoms with Gasteiger partial charge in [-0.1, -0.05) is 29.8 Å². The second-order valence-corrected chi connectivity index (χ2v) is 4.99. The highest BCUT2D eigenvalue weighted by Gasteiger charge is 2.08. The van der Waals surface area contributed by atoms with E-state index < -0.39 is 0 Å². The molecule has 0 N–H and O–H groups in total. The van der Waals surface area contributed by atoms with E-state index in [1.54, 1.807) is 0 Å². The Morgan fingerprint density at radius 2 is 2.06 bits per heavy atom. The van der Waals surface area contributed by atoms with Crippen LogP contribution in [0.5, 0.6) is 0 Å². The van der Waals surface area contributed by atoms with E-state index in [1.165, 1.54) is 0 Å². The van der Waals surface area contributed by atoms with Crippen molar-refractivity contribution in [3.8, 4) is 0 Å². The van der Waals surface area contributed by atoms with Crippen molar-refractivity contribution in [1.29, 1.82) is 0 Å². The lowest BCUT2D eigenvalue weighted by Gasteiger charge is -2.08. The fourth-order valence-electron chi connectivity index (χ4n) is 1.64. The predicted molar refractivity (Wildman–Crippen MR) is 68.9 cm³/mol. The summed E-state index contributed by atoms with van der Waals surface area (Å²) in [4.78, 5) is 15.6. The average Bonchev–Trinajstić information content (AvgIpc) is 2.27. The molecule has 16 heavy (non-hydrogen) atoms. The maximum atomic E-state index is 11.1. The zero-order chi connectivity index (χ0) is 11.7. The highest BCUT2D eigenvalue weighted by Crippen LogP contribution is 2.24. The van der Waals surface area contributed by atoms with E-state index in [1.807, 2.05) is 24.3 Å². The summed E-state index contributed by atoms with van der Waals surface area (Å²) >= 11 is 3.40. The zero-order valence-corrected chi connectivity index (χ0v) is 10.8. The van der Waals surface area contributed by atoms with Gasteiger partial charge in [0.1, 0.15) is 0 Å². The van der Waals surface area contributed by atoms with Gasteiger partial charge in [0.2, 0.25) is 0 Å². The molecule has 0 amide bonds. The number of rotatable bonds is 2. The molecule has 0 unspecified atom stereocenters. The Kier molecular flexibility index (Phi) is 3.06. The number of benzene rings is 1. The Morgan fingerprint density at radius 3 is 2.69 bits per heavy atom. The predicted octanol–water partition coefficient (Wildman–Crippen LogP) is 3.93. The number of carbonyl (C=O) groups excluding carboxylic acids is 1. The third kappa shape index (κ3) is 2.00. The largest absolute Gasteiger partial charge is 0.298 e. The second kappa shape index (κ2) is 4.34. The van der Waals surface area contributed by atoms with Crippen molar-refractivity contribution >= 4 is 33.1 Å². The fourth-order valence-corrected chi connectivity index (χ4v) is 2.00. The highest BCUT2D eigenvalue weighted by atomic mass is 79.9. The van der Waals surface area contributed by atoms with Crippen LogP contribution < -0.4 is 0 Å². The van der Waals surface area contributed by atoms with Crippen LogP contribution in [0.15, 0.2) is 28.7 Å². The van der Waals surface area contributed by atoms with Crippen LogP contribution in [0.1, 0.15) is 35.8 Å². The topological polar surface area (TPSA) is 30.0 Å². The SMILES string of the molecule is CC(C)c1cc(C=O)c2cc(Br)ccc2n1. The standard InChI is InChI=1S/C13H12BrNO/c1-8(2)13-5-9(7-16)11-6-10(14)3-4-12(11)15-13/h3-8H,1-2H3. The molecule has 2 aromatic rings. The minimum Gasteiger partial charge on any atom is -0.298 e. The molecule has 1 aromatic carbocycles. The first kappa shape index (κ1) is 11.3.